The Morgan fingerprint density at radius 3 is 2.76 bits per heavy atom. The number of halogens is 1. The van der Waals surface area contributed by atoms with Gasteiger partial charge in [-0.15, -0.1) is 0 Å². The summed E-state index contributed by atoms with van der Waals surface area (Å²) in [6, 6.07) is 4.50. The van der Waals surface area contributed by atoms with E-state index in [-0.39, 0.29) is 11.8 Å². The van der Waals surface area contributed by atoms with Crippen LogP contribution in [-0.2, 0) is 6.54 Å². The van der Waals surface area contributed by atoms with Gasteiger partial charge >= 0.3 is 18.2 Å². The van der Waals surface area contributed by atoms with Gasteiger partial charge in [-0.1, -0.05) is 24.9 Å². The van der Waals surface area contributed by atoms with E-state index in [0.29, 0.717) is 17.3 Å². The number of amides is 2. The molecule has 1 heterocycles. The van der Waals surface area contributed by atoms with Crippen LogP contribution in [0.5, 0.6) is 6.01 Å². The van der Waals surface area contributed by atoms with Crippen molar-refractivity contribution in [3.63, 3.8) is 0 Å². The Morgan fingerprint density at radius 2 is 2.12 bits per heavy atom. The summed E-state index contributed by atoms with van der Waals surface area (Å²) in [4.78, 5) is 26.8. The maximum Gasteiger partial charge on any atom is 0.513 e. The van der Waals surface area contributed by atoms with Crippen LogP contribution in [0.1, 0.15) is 25.3 Å². The fourth-order valence-corrected chi connectivity index (χ4v) is 2.37. The number of urea groups is 1. The van der Waals surface area contributed by atoms with E-state index in [1.54, 1.807) is 22.8 Å². The predicted octanol–water partition coefficient (Wildman–Crippen LogP) is 4.35. The zero-order valence-electron chi connectivity index (χ0n) is 13.9. The van der Waals surface area contributed by atoms with Gasteiger partial charge in [0.05, 0.1) is 6.20 Å². The van der Waals surface area contributed by atoms with Crippen molar-refractivity contribution in [2.45, 2.75) is 33.2 Å². The number of hydrogen-bond acceptors (Lipinski definition) is 4. The smallest absolute Gasteiger partial charge is 0.449 e. The molecule has 0 aliphatic carbocycles. The summed E-state index contributed by atoms with van der Waals surface area (Å²) in [7, 11) is 0. The third-order valence-electron chi connectivity index (χ3n) is 3.35. The summed E-state index contributed by atoms with van der Waals surface area (Å²) in [6.45, 7) is 4.36. The molecule has 2 rings (SSSR count). The van der Waals surface area contributed by atoms with Crippen molar-refractivity contribution in [2.75, 3.05) is 10.6 Å². The lowest BCUT2D eigenvalue weighted by atomic mass is 10.2. The Labute approximate surface area is 149 Å². The van der Waals surface area contributed by atoms with Crippen molar-refractivity contribution in [3.8, 4) is 6.01 Å². The molecular formula is C16H19ClN4O4. The van der Waals surface area contributed by atoms with Crippen LogP contribution in [0, 0.1) is 6.92 Å². The summed E-state index contributed by atoms with van der Waals surface area (Å²) in [5, 5.41) is 14.6. The highest BCUT2D eigenvalue weighted by Crippen LogP contribution is 2.21. The molecule has 9 heteroatoms. The molecule has 0 aliphatic rings. The Bertz CT molecular complexity index is 775. The van der Waals surface area contributed by atoms with E-state index in [4.69, 9.17) is 16.7 Å². The second kappa shape index (κ2) is 8.39. The molecule has 2 amide bonds. The molecule has 0 aliphatic heterocycles. The topological polar surface area (TPSA) is 105 Å². The summed E-state index contributed by atoms with van der Waals surface area (Å²) >= 11 is 5.88. The van der Waals surface area contributed by atoms with E-state index in [1.165, 1.54) is 6.20 Å². The Balaban J connectivity index is 2.08. The average Bonchev–Trinajstić information content (AvgIpc) is 2.88. The lowest BCUT2D eigenvalue weighted by molar-refractivity contribution is 0.138. The highest BCUT2D eigenvalue weighted by molar-refractivity contribution is 6.30. The Kier molecular flexibility index (Phi) is 6.24. The first kappa shape index (κ1) is 18.6. The number of imidazole rings is 1. The maximum absolute atomic E-state index is 12.1. The van der Waals surface area contributed by atoms with E-state index >= 15 is 0 Å². The van der Waals surface area contributed by atoms with Gasteiger partial charge in [0.1, 0.15) is 0 Å². The maximum atomic E-state index is 12.1. The van der Waals surface area contributed by atoms with Gasteiger partial charge in [0.2, 0.25) is 0 Å². The minimum absolute atomic E-state index is 0.0843. The normalized spacial score (nSPS) is 10.4. The molecule has 1 aromatic carbocycles. The van der Waals surface area contributed by atoms with E-state index in [1.807, 2.05) is 13.8 Å². The van der Waals surface area contributed by atoms with Crippen LogP contribution in [0.3, 0.4) is 0 Å². The van der Waals surface area contributed by atoms with Gasteiger partial charge in [-0.25, -0.2) is 9.59 Å². The Hall–Kier alpha value is -2.74. The predicted molar refractivity (Wildman–Crippen MR) is 94.6 cm³/mol. The number of aromatic nitrogens is 2. The second-order valence-corrected chi connectivity index (χ2v) is 5.80. The number of nitrogens with zero attached hydrogens (tertiary/aromatic N) is 2. The number of carboxylic acid groups (broad SMARTS) is 1. The van der Waals surface area contributed by atoms with Crippen LogP contribution >= 0.6 is 11.6 Å². The number of ether oxygens (including phenoxy) is 1. The molecule has 0 bridgehead atoms. The van der Waals surface area contributed by atoms with Crippen molar-refractivity contribution in [3.05, 3.63) is 35.0 Å². The molecule has 2 aromatic rings. The molecule has 1 aromatic heterocycles. The van der Waals surface area contributed by atoms with Gasteiger partial charge in [-0.05, 0) is 37.1 Å². The molecule has 0 unspecified atom stereocenters. The van der Waals surface area contributed by atoms with Crippen LogP contribution in [0.2, 0.25) is 5.02 Å². The molecule has 0 atom stereocenters. The largest absolute Gasteiger partial charge is 0.513 e. The molecule has 8 nitrogen and oxygen atoms in total. The SMILES string of the molecule is CCCCn1cc(NC(=O)Nc2ccc(Cl)cc2C)nc1OC(=O)O. The van der Waals surface area contributed by atoms with Gasteiger partial charge < -0.3 is 15.2 Å². The number of carbonyl (C=O) groups excluding carboxylic acids is 1. The van der Waals surface area contributed by atoms with Crippen molar-refractivity contribution in [1.82, 2.24) is 9.55 Å². The third-order valence-corrected chi connectivity index (χ3v) is 3.58. The average molecular weight is 367 g/mol. The molecule has 0 saturated heterocycles. The number of anilines is 2. The van der Waals surface area contributed by atoms with Crippen LogP contribution in [0.15, 0.2) is 24.4 Å². The molecule has 0 saturated carbocycles. The molecule has 0 radical (unpaired) electrons. The van der Waals surface area contributed by atoms with E-state index in [2.05, 4.69) is 20.4 Å². The first-order valence-electron chi connectivity index (χ1n) is 7.71. The fraction of sp³-hybridized carbons (Fsp3) is 0.312. The van der Waals surface area contributed by atoms with Crippen LogP contribution in [0.4, 0.5) is 21.1 Å². The molecule has 134 valence electrons. The zero-order valence-corrected chi connectivity index (χ0v) is 14.6. The number of benzene rings is 1. The highest BCUT2D eigenvalue weighted by atomic mass is 35.5. The van der Waals surface area contributed by atoms with Gasteiger partial charge in [-0.3, -0.25) is 9.88 Å². The Morgan fingerprint density at radius 1 is 1.36 bits per heavy atom. The minimum Gasteiger partial charge on any atom is -0.449 e. The van der Waals surface area contributed by atoms with Crippen molar-refractivity contribution < 1.29 is 19.4 Å². The lowest BCUT2D eigenvalue weighted by Gasteiger charge is -2.08. The lowest BCUT2D eigenvalue weighted by Crippen LogP contribution is -2.20. The van der Waals surface area contributed by atoms with Gasteiger partial charge in [0, 0.05) is 17.3 Å². The standard InChI is InChI=1S/C16H19ClN4O4/c1-3-4-7-21-9-13(20-15(21)25-16(23)24)19-14(22)18-12-6-5-11(17)8-10(12)2/h5-6,8-9H,3-4,7H2,1-2H3,(H,23,24)(H2,18,19,22). The van der Waals surface area contributed by atoms with E-state index < -0.39 is 12.2 Å². The number of rotatable bonds is 6. The summed E-state index contributed by atoms with van der Waals surface area (Å²) in [5.41, 5.74) is 1.42. The van der Waals surface area contributed by atoms with Crippen LogP contribution < -0.4 is 15.4 Å². The number of hydrogen-bond donors (Lipinski definition) is 3. The van der Waals surface area contributed by atoms with Gasteiger partial charge in [0.25, 0.3) is 0 Å². The van der Waals surface area contributed by atoms with Crippen molar-refractivity contribution in [2.24, 2.45) is 0 Å². The quantitative estimate of drug-likeness (QED) is 0.659. The number of unbranched alkanes of at least 4 members (excludes halogenated alkanes) is 1. The number of nitrogens with one attached hydrogen (secondary N) is 2. The van der Waals surface area contributed by atoms with Crippen molar-refractivity contribution >= 4 is 35.3 Å². The molecule has 0 fully saturated rings. The number of aryl methyl sites for hydroxylation is 2. The monoisotopic (exact) mass is 366 g/mol. The third kappa shape index (κ3) is 5.39. The summed E-state index contributed by atoms with van der Waals surface area (Å²) in [5.74, 6) is 0.191. The van der Waals surface area contributed by atoms with Crippen molar-refractivity contribution in [1.29, 1.82) is 0 Å². The second-order valence-electron chi connectivity index (χ2n) is 5.36. The number of carbonyl (C=O) groups is 2. The van der Waals surface area contributed by atoms with Crippen LogP contribution in [0.25, 0.3) is 0 Å². The van der Waals surface area contributed by atoms with Gasteiger partial charge in [0.15, 0.2) is 5.82 Å². The van der Waals surface area contributed by atoms with E-state index in [0.717, 1.165) is 18.4 Å². The highest BCUT2D eigenvalue weighted by Gasteiger charge is 2.14. The molecule has 0 spiro atoms. The zero-order chi connectivity index (χ0) is 18.4. The van der Waals surface area contributed by atoms with Crippen LogP contribution in [-0.4, -0.2) is 26.8 Å². The first-order valence-corrected chi connectivity index (χ1v) is 8.09. The summed E-state index contributed by atoms with van der Waals surface area (Å²) in [6.07, 6.45) is 1.81. The molecule has 25 heavy (non-hydrogen) atoms. The first-order chi connectivity index (χ1) is 11.9. The summed E-state index contributed by atoms with van der Waals surface area (Å²) < 4.78 is 6.18. The van der Waals surface area contributed by atoms with E-state index in [9.17, 15) is 9.59 Å². The molecule has 3 N–H and O–H groups in total. The fourth-order valence-electron chi connectivity index (χ4n) is 2.14. The van der Waals surface area contributed by atoms with Gasteiger partial charge in [-0.2, -0.15) is 4.98 Å². The minimum atomic E-state index is -1.46. The molecular weight excluding hydrogens is 348 g/mol.